The molecule has 0 unspecified atom stereocenters. The van der Waals surface area contributed by atoms with Gasteiger partial charge in [0.25, 0.3) is 0 Å². The van der Waals surface area contributed by atoms with Gasteiger partial charge in [0.1, 0.15) is 6.10 Å². The van der Waals surface area contributed by atoms with Gasteiger partial charge in [-0.05, 0) is 25.6 Å². The second kappa shape index (κ2) is 6.14. The number of hydrogen-bond donors (Lipinski definition) is 0. The average molecular weight is 264 g/mol. The minimum absolute atomic E-state index is 0.482. The number of rotatable bonds is 5. The number of hydrogen-bond acceptors (Lipinski definition) is 4. The summed E-state index contributed by atoms with van der Waals surface area (Å²) in [6, 6.07) is 0. The maximum atomic E-state index is 14.0. The zero-order valence-corrected chi connectivity index (χ0v) is 12.2. The summed E-state index contributed by atoms with van der Waals surface area (Å²) < 4.78 is 23.6. The number of ether oxygens (including phenoxy) is 2. The van der Waals surface area contributed by atoms with Crippen molar-refractivity contribution in [1.82, 2.24) is 0 Å². The Labute approximate surface area is 103 Å². The molecule has 0 aliphatic rings. The molecule has 0 aromatic carbocycles. The van der Waals surface area contributed by atoms with Gasteiger partial charge in [-0.3, -0.25) is 9.59 Å². The molecule has 17 heavy (non-hydrogen) atoms. The highest BCUT2D eigenvalue weighted by atomic mass is 28.4. The molecular formula is C11H21FO4Si. The van der Waals surface area contributed by atoms with Crippen LogP contribution in [0, 0.1) is 5.92 Å². The summed E-state index contributed by atoms with van der Waals surface area (Å²) >= 11 is 0. The Morgan fingerprint density at radius 3 is 2.00 bits per heavy atom. The van der Waals surface area contributed by atoms with Gasteiger partial charge in [-0.2, -0.15) is 0 Å². The topological polar surface area (TPSA) is 52.6 Å². The maximum Gasteiger partial charge on any atom is 0.312 e. The van der Waals surface area contributed by atoms with E-state index in [1.165, 1.54) is 27.1 Å². The van der Waals surface area contributed by atoms with Crippen molar-refractivity contribution in [3.63, 3.8) is 0 Å². The third kappa shape index (κ3) is 4.85. The molecule has 0 aromatic rings. The summed E-state index contributed by atoms with van der Waals surface area (Å²) in [7, 11) is -1.76. The smallest absolute Gasteiger partial charge is 0.312 e. The molecule has 0 spiro atoms. The molecule has 0 aliphatic carbocycles. The summed E-state index contributed by atoms with van der Waals surface area (Å²) in [6.07, 6.45) is -0.683. The summed E-state index contributed by atoms with van der Waals surface area (Å²) in [4.78, 5) is 22.6. The van der Waals surface area contributed by atoms with E-state index in [1.807, 2.05) is 0 Å². The Bertz CT molecular complexity index is 288. The molecule has 0 radical (unpaired) electrons. The van der Waals surface area contributed by atoms with Gasteiger partial charge in [-0.25, -0.2) is 0 Å². The Morgan fingerprint density at radius 2 is 1.71 bits per heavy atom. The largest absolute Gasteiger partial charge is 0.469 e. The lowest BCUT2D eigenvalue weighted by atomic mass is 10.00. The summed E-state index contributed by atoms with van der Waals surface area (Å²) in [6.45, 7) is 7.54. The zero-order valence-electron chi connectivity index (χ0n) is 11.2. The molecule has 0 heterocycles. The van der Waals surface area contributed by atoms with Gasteiger partial charge in [-0.1, -0.05) is 6.92 Å². The van der Waals surface area contributed by atoms with E-state index in [1.54, 1.807) is 13.8 Å². The molecule has 0 N–H and O–H groups in total. The van der Waals surface area contributed by atoms with E-state index in [0.29, 0.717) is 0 Å². The highest BCUT2D eigenvalue weighted by Gasteiger charge is 2.43. The fraction of sp³-hybridized carbons (Fsp3) is 0.818. The van der Waals surface area contributed by atoms with Crippen molar-refractivity contribution in [2.75, 3.05) is 7.11 Å². The Morgan fingerprint density at radius 1 is 1.24 bits per heavy atom. The first-order valence-electron chi connectivity index (χ1n) is 5.55. The van der Waals surface area contributed by atoms with Crippen molar-refractivity contribution in [2.24, 2.45) is 5.92 Å². The summed E-state index contributed by atoms with van der Waals surface area (Å²) in [5, 5.41) is 0. The van der Waals surface area contributed by atoms with Crippen molar-refractivity contribution >= 4 is 20.3 Å². The minimum Gasteiger partial charge on any atom is -0.469 e. The third-order valence-corrected chi connectivity index (χ3v) is 5.48. The Hall–Kier alpha value is -0.913. The van der Waals surface area contributed by atoms with Crippen molar-refractivity contribution < 1.29 is 23.2 Å². The van der Waals surface area contributed by atoms with Crippen LogP contribution in [0.25, 0.3) is 0 Å². The van der Waals surface area contributed by atoms with Crippen molar-refractivity contribution in [3.8, 4) is 0 Å². The molecule has 3 atom stereocenters. The van der Waals surface area contributed by atoms with E-state index in [9.17, 15) is 13.7 Å². The van der Waals surface area contributed by atoms with Crippen molar-refractivity contribution in [2.45, 2.75) is 45.5 Å². The lowest BCUT2D eigenvalue weighted by Crippen LogP contribution is -2.41. The summed E-state index contributed by atoms with van der Waals surface area (Å²) in [5.41, 5.74) is -0.482. The second-order valence-corrected chi connectivity index (χ2v) is 8.76. The fourth-order valence-corrected chi connectivity index (χ4v) is 2.96. The molecule has 0 saturated carbocycles. The van der Waals surface area contributed by atoms with Gasteiger partial charge in [0.15, 0.2) is 0 Å². The lowest BCUT2D eigenvalue weighted by Gasteiger charge is -2.31. The van der Waals surface area contributed by atoms with Crippen LogP contribution in [0.1, 0.15) is 20.8 Å². The number of halogens is 1. The highest BCUT2D eigenvalue weighted by Crippen LogP contribution is 2.34. The van der Waals surface area contributed by atoms with Crippen molar-refractivity contribution in [3.05, 3.63) is 0 Å². The Kier molecular flexibility index (Phi) is 5.81. The molecule has 0 aliphatic heterocycles. The van der Waals surface area contributed by atoms with E-state index in [4.69, 9.17) is 4.74 Å². The van der Waals surface area contributed by atoms with Gasteiger partial charge in [-0.15, -0.1) is 0 Å². The summed E-state index contributed by atoms with van der Waals surface area (Å²) in [5.74, 6) is -1.78. The molecule has 0 rings (SSSR count). The van der Waals surface area contributed by atoms with Crippen LogP contribution in [-0.2, 0) is 19.1 Å². The van der Waals surface area contributed by atoms with Crippen LogP contribution in [0.3, 0.4) is 0 Å². The quantitative estimate of drug-likeness (QED) is 0.434. The van der Waals surface area contributed by atoms with E-state index < -0.39 is 37.9 Å². The lowest BCUT2D eigenvalue weighted by molar-refractivity contribution is -0.158. The van der Waals surface area contributed by atoms with Crippen LogP contribution >= 0.6 is 0 Å². The van der Waals surface area contributed by atoms with Crippen LogP contribution in [0.15, 0.2) is 0 Å². The fourth-order valence-electron chi connectivity index (χ4n) is 1.70. The number of methoxy groups -OCH3 is 1. The monoisotopic (exact) mass is 264 g/mol. The van der Waals surface area contributed by atoms with Gasteiger partial charge >= 0.3 is 11.9 Å². The molecule has 4 nitrogen and oxygen atoms in total. The molecular weight excluding hydrogens is 243 g/mol. The zero-order chi connectivity index (χ0) is 13.8. The van der Waals surface area contributed by atoms with Crippen LogP contribution in [-0.4, -0.2) is 33.6 Å². The second-order valence-electron chi connectivity index (χ2n) is 4.72. The molecule has 0 aromatic heterocycles. The standard InChI is InChI=1S/C11H21FO4Si/c1-7(16-9(3)13)10(11(14)15-4)8(2)17(5,6)12/h7-8,10H,1-6H3/t7-,8+,10+/m1/s1. The molecule has 0 bridgehead atoms. The van der Waals surface area contributed by atoms with E-state index in [2.05, 4.69) is 4.74 Å². The van der Waals surface area contributed by atoms with Crippen LogP contribution in [0.5, 0.6) is 0 Å². The van der Waals surface area contributed by atoms with Gasteiger partial charge < -0.3 is 13.6 Å². The molecule has 0 saturated heterocycles. The normalized spacial score (nSPS) is 16.9. The van der Waals surface area contributed by atoms with Crippen LogP contribution in [0.2, 0.25) is 18.6 Å². The predicted molar refractivity (Wildman–Crippen MR) is 64.7 cm³/mol. The van der Waals surface area contributed by atoms with Gasteiger partial charge in [0.2, 0.25) is 8.41 Å². The first-order valence-corrected chi connectivity index (χ1v) is 8.50. The predicted octanol–water partition coefficient (Wildman–Crippen LogP) is 2.29. The number of carbonyl (C=O) groups is 2. The first kappa shape index (κ1) is 16.1. The molecule has 6 heteroatoms. The Balaban J connectivity index is 5.00. The van der Waals surface area contributed by atoms with Gasteiger partial charge in [0, 0.05) is 6.92 Å². The minimum atomic E-state index is -3.01. The first-order chi connectivity index (χ1) is 7.61. The SMILES string of the molecule is COC(=O)[C@@H]([C@@H](C)OC(C)=O)[C@H](C)[Si](C)(C)F. The maximum absolute atomic E-state index is 14.0. The van der Waals surface area contributed by atoms with Crippen LogP contribution < -0.4 is 0 Å². The number of esters is 2. The van der Waals surface area contributed by atoms with Gasteiger partial charge in [0.05, 0.1) is 13.0 Å². The molecule has 0 fully saturated rings. The molecule has 100 valence electrons. The van der Waals surface area contributed by atoms with E-state index in [-0.39, 0.29) is 0 Å². The highest BCUT2D eigenvalue weighted by molar-refractivity contribution is 6.72. The van der Waals surface area contributed by atoms with Crippen molar-refractivity contribution in [1.29, 1.82) is 0 Å². The third-order valence-electron chi connectivity index (χ3n) is 2.95. The van der Waals surface area contributed by atoms with E-state index >= 15 is 0 Å². The average Bonchev–Trinajstić information content (AvgIpc) is 2.14. The van der Waals surface area contributed by atoms with E-state index in [0.717, 1.165) is 0 Å². The molecule has 0 amide bonds. The van der Waals surface area contributed by atoms with Crippen LogP contribution in [0.4, 0.5) is 4.11 Å². The number of carbonyl (C=O) groups excluding carboxylic acids is 2.